The lowest BCUT2D eigenvalue weighted by molar-refractivity contribution is -0.385. The zero-order valence-corrected chi connectivity index (χ0v) is 14.8. The van der Waals surface area contributed by atoms with E-state index in [1.165, 1.54) is 24.3 Å². The Morgan fingerprint density at radius 1 is 1.18 bits per heavy atom. The number of hydrogen-bond acceptors (Lipinski definition) is 7. The summed E-state index contributed by atoms with van der Waals surface area (Å²) in [5.74, 6) is 0.0660. The highest BCUT2D eigenvalue weighted by molar-refractivity contribution is 6.06. The Balaban J connectivity index is 1.57. The van der Waals surface area contributed by atoms with Gasteiger partial charge in [0.15, 0.2) is 11.5 Å². The summed E-state index contributed by atoms with van der Waals surface area (Å²) in [7, 11) is 0. The van der Waals surface area contributed by atoms with Gasteiger partial charge in [-0.1, -0.05) is 12.1 Å². The van der Waals surface area contributed by atoms with Crippen LogP contribution in [0.15, 0.2) is 47.6 Å². The van der Waals surface area contributed by atoms with Crippen molar-refractivity contribution in [1.82, 2.24) is 5.43 Å². The van der Waals surface area contributed by atoms with Crippen molar-refractivity contribution in [3.63, 3.8) is 0 Å². The molecule has 0 saturated heterocycles. The lowest BCUT2D eigenvalue weighted by Crippen LogP contribution is -2.22. The number of anilines is 1. The van der Waals surface area contributed by atoms with Crippen molar-refractivity contribution in [1.29, 1.82) is 0 Å². The molecule has 28 heavy (non-hydrogen) atoms. The topological polar surface area (TPSA) is 132 Å². The first-order valence-corrected chi connectivity index (χ1v) is 8.20. The Hall–Kier alpha value is -3.95. The summed E-state index contributed by atoms with van der Waals surface area (Å²) in [5.41, 5.74) is 2.64. The third-order valence-electron chi connectivity index (χ3n) is 3.77. The van der Waals surface area contributed by atoms with Crippen LogP contribution in [-0.4, -0.2) is 29.2 Å². The molecule has 2 aromatic rings. The average Bonchev–Trinajstić information content (AvgIpc) is 3.13. The molecule has 2 N–H and O–H groups in total. The van der Waals surface area contributed by atoms with E-state index >= 15 is 0 Å². The summed E-state index contributed by atoms with van der Waals surface area (Å²) >= 11 is 0. The van der Waals surface area contributed by atoms with Gasteiger partial charge in [0.05, 0.1) is 11.3 Å². The third kappa shape index (κ3) is 4.41. The molecule has 1 aliphatic heterocycles. The summed E-state index contributed by atoms with van der Waals surface area (Å²) in [4.78, 5) is 34.6. The lowest BCUT2D eigenvalue weighted by atomic mass is 10.2. The maximum Gasteiger partial charge on any atom is 0.282 e. The van der Waals surface area contributed by atoms with Crippen LogP contribution in [0, 0.1) is 10.1 Å². The molecule has 1 aliphatic rings. The maximum atomic E-state index is 12.1. The smallest absolute Gasteiger partial charge is 0.282 e. The predicted octanol–water partition coefficient (Wildman–Crippen LogP) is 2.46. The zero-order valence-electron chi connectivity index (χ0n) is 14.8. The van der Waals surface area contributed by atoms with E-state index in [4.69, 9.17) is 9.47 Å². The minimum absolute atomic E-state index is 0.0778. The number of ether oxygens (including phenoxy) is 2. The Kier molecular flexibility index (Phi) is 5.49. The van der Waals surface area contributed by atoms with E-state index in [1.807, 2.05) is 0 Å². The highest BCUT2D eigenvalue weighted by atomic mass is 16.7. The van der Waals surface area contributed by atoms with Crippen molar-refractivity contribution in [2.24, 2.45) is 5.10 Å². The van der Waals surface area contributed by atoms with Crippen LogP contribution in [0.1, 0.15) is 23.7 Å². The van der Waals surface area contributed by atoms with Crippen LogP contribution in [0.2, 0.25) is 0 Å². The highest BCUT2D eigenvalue weighted by Gasteiger charge is 2.19. The van der Waals surface area contributed by atoms with Crippen LogP contribution in [-0.2, 0) is 4.79 Å². The third-order valence-corrected chi connectivity index (χ3v) is 3.77. The monoisotopic (exact) mass is 384 g/mol. The molecule has 0 atom stereocenters. The SMILES string of the molecule is C/C(CC(=O)Nc1ccc2c(c1)OCO2)=N\NC(=O)c1ccccc1[N+](=O)[O-]. The van der Waals surface area contributed by atoms with Gasteiger partial charge in [-0.25, -0.2) is 5.43 Å². The van der Waals surface area contributed by atoms with Crippen LogP contribution in [0.3, 0.4) is 0 Å². The number of fused-ring (bicyclic) bond motifs is 1. The molecule has 10 nitrogen and oxygen atoms in total. The van der Waals surface area contributed by atoms with Crippen LogP contribution >= 0.6 is 0 Å². The molecule has 1 heterocycles. The van der Waals surface area contributed by atoms with Crippen molar-refractivity contribution in [2.45, 2.75) is 13.3 Å². The first kappa shape index (κ1) is 18.8. The number of nitrogens with zero attached hydrogens (tertiary/aromatic N) is 2. The minimum Gasteiger partial charge on any atom is -0.454 e. The number of hydrazone groups is 1. The van der Waals surface area contributed by atoms with E-state index in [0.29, 0.717) is 22.9 Å². The van der Waals surface area contributed by atoms with Gasteiger partial charge in [-0.3, -0.25) is 19.7 Å². The van der Waals surface area contributed by atoms with E-state index in [0.717, 1.165) is 0 Å². The van der Waals surface area contributed by atoms with Gasteiger partial charge >= 0.3 is 0 Å². The number of hydrogen-bond donors (Lipinski definition) is 2. The van der Waals surface area contributed by atoms with Crippen molar-refractivity contribution in [2.75, 3.05) is 12.1 Å². The molecule has 0 aromatic heterocycles. The number of nitro groups is 1. The number of carbonyl (C=O) groups is 2. The number of nitro benzene ring substituents is 1. The molecule has 0 radical (unpaired) electrons. The van der Waals surface area contributed by atoms with E-state index in [2.05, 4.69) is 15.8 Å². The van der Waals surface area contributed by atoms with Gasteiger partial charge in [-0.2, -0.15) is 5.10 Å². The van der Waals surface area contributed by atoms with Crippen LogP contribution in [0.5, 0.6) is 11.5 Å². The molecule has 10 heteroatoms. The standard InChI is InChI=1S/C18H16N4O6/c1-11(20-21-18(24)13-4-2-3-5-14(13)22(25)26)8-17(23)19-12-6-7-15-16(9-12)28-10-27-15/h2-7,9H,8,10H2,1H3,(H,19,23)(H,21,24)/b20-11+. The van der Waals surface area contributed by atoms with Gasteiger partial charge in [0.25, 0.3) is 11.6 Å². The molecular weight excluding hydrogens is 368 g/mol. The molecule has 2 aromatic carbocycles. The molecule has 144 valence electrons. The van der Waals surface area contributed by atoms with Gasteiger partial charge < -0.3 is 14.8 Å². The second-order valence-electron chi connectivity index (χ2n) is 5.86. The normalized spacial score (nSPS) is 12.4. The van der Waals surface area contributed by atoms with E-state index in [9.17, 15) is 19.7 Å². The Morgan fingerprint density at radius 2 is 1.93 bits per heavy atom. The first-order chi connectivity index (χ1) is 13.4. The molecule has 0 aliphatic carbocycles. The average molecular weight is 384 g/mol. The van der Waals surface area contributed by atoms with E-state index < -0.39 is 10.8 Å². The van der Waals surface area contributed by atoms with Gasteiger partial charge in [-0.05, 0) is 25.1 Å². The van der Waals surface area contributed by atoms with Gasteiger partial charge in [-0.15, -0.1) is 0 Å². The predicted molar refractivity (Wildman–Crippen MR) is 99.5 cm³/mol. The van der Waals surface area contributed by atoms with Crippen molar-refractivity contribution >= 4 is 28.9 Å². The largest absolute Gasteiger partial charge is 0.454 e. The highest BCUT2D eigenvalue weighted by Crippen LogP contribution is 2.34. The zero-order chi connectivity index (χ0) is 20.1. The number of para-hydroxylation sites is 1. The van der Waals surface area contributed by atoms with Gasteiger partial charge in [0.1, 0.15) is 5.56 Å². The number of rotatable bonds is 6. The molecule has 0 saturated carbocycles. The number of carbonyl (C=O) groups excluding carboxylic acids is 2. The Bertz CT molecular complexity index is 972. The Labute approximate surface area is 159 Å². The fourth-order valence-electron chi connectivity index (χ4n) is 2.48. The molecule has 0 fully saturated rings. The minimum atomic E-state index is -0.733. The van der Waals surface area contributed by atoms with Gasteiger partial charge in [0.2, 0.25) is 12.7 Å². The summed E-state index contributed by atoms with van der Waals surface area (Å²) in [6.07, 6.45) is -0.0778. The summed E-state index contributed by atoms with van der Waals surface area (Å²) in [6, 6.07) is 10.5. The number of amides is 2. The molecule has 0 unspecified atom stereocenters. The van der Waals surface area contributed by atoms with Gasteiger partial charge in [0, 0.05) is 23.5 Å². The fourth-order valence-corrected chi connectivity index (χ4v) is 2.48. The lowest BCUT2D eigenvalue weighted by Gasteiger charge is -2.06. The second kappa shape index (κ2) is 8.16. The summed E-state index contributed by atoms with van der Waals surface area (Å²) in [5, 5.41) is 17.5. The molecule has 0 bridgehead atoms. The molecule has 2 amide bonds. The molecular formula is C18H16N4O6. The van der Waals surface area contributed by atoms with Crippen LogP contribution in [0.25, 0.3) is 0 Å². The Morgan fingerprint density at radius 3 is 2.71 bits per heavy atom. The van der Waals surface area contributed by atoms with Crippen molar-refractivity contribution in [3.05, 3.63) is 58.1 Å². The summed E-state index contributed by atoms with van der Waals surface area (Å²) < 4.78 is 10.4. The number of nitrogens with one attached hydrogen (secondary N) is 2. The molecule has 0 spiro atoms. The van der Waals surface area contributed by atoms with Crippen LogP contribution < -0.4 is 20.2 Å². The maximum absolute atomic E-state index is 12.1. The number of benzene rings is 2. The fraction of sp³-hybridized carbons (Fsp3) is 0.167. The molecule has 3 rings (SSSR count). The first-order valence-electron chi connectivity index (χ1n) is 8.20. The van der Waals surface area contributed by atoms with E-state index in [-0.39, 0.29) is 30.4 Å². The van der Waals surface area contributed by atoms with Crippen molar-refractivity contribution in [3.8, 4) is 11.5 Å². The van der Waals surface area contributed by atoms with Crippen molar-refractivity contribution < 1.29 is 24.0 Å². The van der Waals surface area contributed by atoms with E-state index in [1.54, 1.807) is 25.1 Å². The second-order valence-corrected chi connectivity index (χ2v) is 5.86. The summed E-state index contributed by atoms with van der Waals surface area (Å²) in [6.45, 7) is 1.69. The quantitative estimate of drug-likeness (QED) is 0.447. The van der Waals surface area contributed by atoms with Crippen LogP contribution in [0.4, 0.5) is 11.4 Å².